The molecule has 0 radical (unpaired) electrons. The van der Waals surface area contributed by atoms with Crippen LogP contribution in [0.4, 0.5) is 0 Å². The highest BCUT2D eigenvalue weighted by molar-refractivity contribution is 9.10. The monoisotopic (exact) mass is 325 g/mol. The lowest BCUT2D eigenvalue weighted by Crippen LogP contribution is -2.21. The van der Waals surface area contributed by atoms with Crippen molar-refractivity contribution in [3.63, 3.8) is 0 Å². The Bertz CT molecular complexity index is 530. The number of ether oxygens (including phenoxy) is 1. The van der Waals surface area contributed by atoms with E-state index in [0.717, 1.165) is 11.1 Å². The van der Waals surface area contributed by atoms with Crippen LogP contribution in [0.2, 0.25) is 25.7 Å². The van der Waals surface area contributed by atoms with Crippen LogP contribution in [0, 0.1) is 0 Å². The normalized spacial score (nSPS) is 12.2. The maximum Gasteiger partial charge on any atom is 0.122 e. The van der Waals surface area contributed by atoms with E-state index >= 15 is 0 Å². The first-order valence-corrected chi connectivity index (χ1v) is 10.8. The molecule has 0 bridgehead atoms. The predicted octanol–water partition coefficient (Wildman–Crippen LogP) is 4.72. The van der Waals surface area contributed by atoms with Crippen LogP contribution in [-0.2, 0) is 11.5 Å². The first-order valence-electron chi connectivity index (χ1n) is 6.28. The minimum atomic E-state index is -0.987. The molecule has 18 heavy (non-hydrogen) atoms. The van der Waals surface area contributed by atoms with Gasteiger partial charge in [-0.05, 0) is 34.1 Å². The number of halogens is 1. The molecule has 0 aliphatic rings. The predicted molar refractivity (Wildman–Crippen MR) is 83.7 cm³/mol. The number of para-hydroxylation sites is 1. The molecule has 0 unspecified atom stereocenters. The largest absolute Gasteiger partial charge is 0.361 e. The molecule has 1 aromatic heterocycles. The number of aromatic nitrogens is 1. The van der Waals surface area contributed by atoms with Crippen molar-refractivity contribution in [3.05, 3.63) is 34.9 Å². The minimum Gasteiger partial charge on any atom is -0.361 e. The maximum absolute atomic E-state index is 5.79. The molecule has 1 aromatic carbocycles. The highest BCUT2D eigenvalue weighted by atomic mass is 79.9. The summed E-state index contributed by atoms with van der Waals surface area (Å²) < 4.78 is 9.07. The zero-order chi connectivity index (χ0) is 13.2. The first kappa shape index (κ1) is 13.8. The molecule has 0 N–H and O–H groups in total. The van der Waals surface area contributed by atoms with Crippen LogP contribution in [0.3, 0.4) is 0 Å². The number of fused-ring (bicyclic) bond motifs is 1. The molecule has 0 atom stereocenters. The summed E-state index contributed by atoms with van der Waals surface area (Å²) in [5.74, 6) is 0. The SMILES string of the molecule is C[Si](C)(C)CCOCn1ccc2cccc(Br)c21. The van der Waals surface area contributed by atoms with Gasteiger partial charge in [0.2, 0.25) is 0 Å². The maximum atomic E-state index is 5.79. The van der Waals surface area contributed by atoms with Crippen LogP contribution in [0.15, 0.2) is 34.9 Å². The number of hydrogen-bond acceptors (Lipinski definition) is 1. The molecular weight excluding hydrogens is 306 g/mol. The van der Waals surface area contributed by atoms with E-state index in [0.29, 0.717) is 6.73 Å². The van der Waals surface area contributed by atoms with Crippen molar-refractivity contribution in [2.45, 2.75) is 32.4 Å². The fourth-order valence-corrected chi connectivity index (χ4v) is 3.23. The van der Waals surface area contributed by atoms with Gasteiger partial charge in [-0.2, -0.15) is 0 Å². The molecule has 2 aromatic rings. The first-order chi connectivity index (χ1) is 8.47. The van der Waals surface area contributed by atoms with Crippen LogP contribution in [-0.4, -0.2) is 19.2 Å². The van der Waals surface area contributed by atoms with Crippen LogP contribution in [0.25, 0.3) is 10.9 Å². The quantitative estimate of drug-likeness (QED) is 0.573. The van der Waals surface area contributed by atoms with E-state index in [2.05, 4.69) is 70.6 Å². The van der Waals surface area contributed by atoms with Crippen molar-refractivity contribution in [1.82, 2.24) is 4.57 Å². The lowest BCUT2D eigenvalue weighted by molar-refractivity contribution is 0.0902. The topological polar surface area (TPSA) is 14.2 Å². The molecule has 0 spiro atoms. The van der Waals surface area contributed by atoms with Gasteiger partial charge in [-0.25, -0.2) is 0 Å². The zero-order valence-electron chi connectivity index (χ0n) is 11.2. The van der Waals surface area contributed by atoms with Gasteiger partial charge in [-0.15, -0.1) is 0 Å². The van der Waals surface area contributed by atoms with E-state index in [9.17, 15) is 0 Å². The summed E-state index contributed by atoms with van der Waals surface area (Å²) in [6.07, 6.45) is 2.09. The number of benzene rings is 1. The van der Waals surface area contributed by atoms with E-state index < -0.39 is 8.07 Å². The Kier molecular flexibility index (Phi) is 4.30. The van der Waals surface area contributed by atoms with Crippen LogP contribution < -0.4 is 0 Å². The summed E-state index contributed by atoms with van der Waals surface area (Å²) >= 11 is 3.60. The average molecular weight is 326 g/mol. The molecule has 0 aliphatic carbocycles. The van der Waals surface area contributed by atoms with Crippen molar-refractivity contribution in [3.8, 4) is 0 Å². The van der Waals surface area contributed by atoms with Gasteiger partial charge >= 0.3 is 0 Å². The van der Waals surface area contributed by atoms with Gasteiger partial charge in [0, 0.05) is 30.7 Å². The molecule has 0 fully saturated rings. The van der Waals surface area contributed by atoms with Crippen LogP contribution in [0.5, 0.6) is 0 Å². The summed E-state index contributed by atoms with van der Waals surface area (Å²) in [4.78, 5) is 0. The Morgan fingerprint density at radius 1 is 1.22 bits per heavy atom. The van der Waals surface area contributed by atoms with Crippen molar-refractivity contribution in [1.29, 1.82) is 0 Å². The van der Waals surface area contributed by atoms with Crippen molar-refractivity contribution in [2.24, 2.45) is 0 Å². The Balaban J connectivity index is 2.00. The van der Waals surface area contributed by atoms with Gasteiger partial charge in [0.05, 0.1) is 5.52 Å². The van der Waals surface area contributed by atoms with E-state index in [1.54, 1.807) is 0 Å². The molecule has 4 heteroatoms. The molecule has 2 nitrogen and oxygen atoms in total. The fourth-order valence-electron chi connectivity index (χ4n) is 1.86. The highest BCUT2D eigenvalue weighted by Crippen LogP contribution is 2.24. The fraction of sp³-hybridized carbons (Fsp3) is 0.429. The molecule has 0 saturated carbocycles. The van der Waals surface area contributed by atoms with Gasteiger partial charge in [0.1, 0.15) is 6.73 Å². The smallest absolute Gasteiger partial charge is 0.122 e. The summed E-state index contributed by atoms with van der Waals surface area (Å²) in [5.41, 5.74) is 1.21. The molecule has 0 saturated heterocycles. The zero-order valence-corrected chi connectivity index (χ0v) is 13.8. The van der Waals surface area contributed by atoms with E-state index in [1.165, 1.54) is 16.9 Å². The van der Waals surface area contributed by atoms with Crippen molar-refractivity contribution >= 4 is 34.9 Å². The summed E-state index contributed by atoms with van der Waals surface area (Å²) in [6, 6.07) is 9.59. The highest BCUT2D eigenvalue weighted by Gasteiger charge is 2.12. The van der Waals surface area contributed by atoms with Crippen molar-refractivity contribution < 1.29 is 4.74 Å². The lowest BCUT2D eigenvalue weighted by Gasteiger charge is -2.16. The second-order valence-electron chi connectivity index (χ2n) is 5.81. The molecule has 0 aliphatic heterocycles. The van der Waals surface area contributed by atoms with E-state index in [4.69, 9.17) is 4.74 Å². The van der Waals surface area contributed by atoms with Gasteiger partial charge < -0.3 is 9.30 Å². The Labute approximate surface area is 118 Å². The summed E-state index contributed by atoms with van der Waals surface area (Å²) in [6.45, 7) is 8.62. The van der Waals surface area contributed by atoms with Crippen LogP contribution >= 0.6 is 15.9 Å². The summed E-state index contributed by atoms with van der Waals surface area (Å²) in [7, 11) is -0.987. The third-order valence-corrected chi connectivity index (χ3v) is 5.31. The number of rotatable bonds is 5. The second-order valence-corrected chi connectivity index (χ2v) is 12.3. The number of nitrogens with zero attached hydrogens (tertiary/aromatic N) is 1. The second kappa shape index (κ2) is 5.59. The minimum absolute atomic E-state index is 0.636. The standard InChI is InChI=1S/C14H20BrNOSi/c1-18(2,3)10-9-17-11-16-8-7-12-5-4-6-13(15)14(12)16/h4-8H,9-11H2,1-3H3. The average Bonchev–Trinajstić information content (AvgIpc) is 2.68. The Morgan fingerprint density at radius 3 is 2.72 bits per heavy atom. The summed E-state index contributed by atoms with van der Waals surface area (Å²) in [5, 5.41) is 1.25. The van der Waals surface area contributed by atoms with Gasteiger partial charge in [0.15, 0.2) is 0 Å². The number of hydrogen-bond donors (Lipinski definition) is 0. The third kappa shape index (κ3) is 3.46. The molecule has 1 heterocycles. The molecule has 98 valence electrons. The van der Waals surface area contributed by atoms with Gasteiger partial charge in [-0.1, -0.05) is 31.8 Å². The van der Waals surface area contributed by atoms with E-state index in [1.807, 2.05) is 0 Å². The van der Waals surface area contributed by atoms with Crippen molar-refractivity contribution in [2.75, 3.05) is 6.61 Å². The van der Waals surface area contributed by atoms with Crippen LogP contribution in [0.1, 0.15) is 0 Å². The Morgan fingerprint density at radius 2 is 2.00 bits per heavy atom. The van der Waals surface area contributed by atoms with Gasteiger partial charge in [-0.3, -0.25) is 0 Å². The van der Waals surface area contributed by atoms with Gasteiger partial charge in [0.25, 0.3) is 0 Å². The third-order valence-electron chi connectivity index (χ3n) is 2.97. The molecular formula is C14H20BrNOSi. The van der Waals surface area contributed by atoms with E-state index in [-0.39, 0.29) is 0 Å². The Hall–Kier alpha value is -0.583. The molecule has 2 rings (SSSR count). The lowest BCUT2D eigenvalue weighted by atomic mass is 10.2. The molecule has 0 amide bonds.